The second-order valence-electron chi connectivity index (χ2n) is 6.84. The number of carboxylic acids is 1. The first kappa shape index (κ1) is 17.3. The summed E-state index contributed by atoms with van der Waals surface area (Å²) >= 11 is 0. The zero-order valence-corrected chi connectivity index (χ0v) is 15.1. The molecule has 4 rings (SSSR count). The lowest BCUT2D eigenvalue weighted by Gasteiger charge is -2.21. The molecule has 1 unspecified atom stereocenters. The van der Waals surface area contributed by atoms with Gasteiger partial charge in [0.1, 0.15) is 6.54 Å². The topological polar surface area (TPSA) is 102 Å². The highest BCUT2D eigenvalue weighted by atomic mass is 16.4. The molecule has 8 heteroatoms. The van der Waals surface area contributed by atoms with Gasteiger partial charge in [0.05, 0.1) is 11.4 Å². The van der Waals surface area contributed by atoms with Crippen LogP contribution in [0, 0.1) is 5.92 Å². The quantitative estimate of drug-likeness (QED) is 0.719. The molecular formula is C19H21N5O3. The molecule has 2 aromatic heterocycles. The Labute approximate surface area is 155 Å². The summed E-state index contributed by atoms with van der Waals surface area (Å²) in [5.74, 6) is -1.02. The minimum Gasteiger partial charge on any atom is -0.480 e. The van der Waals surface area contributed by atoms with Crippen LogP contribution in [0.3, 0.4) is 0 Å². The fourth-order valence-electron chi connectivity index (χ4n) is 3.73. The number of aromatic nitrogens is 4. The molecule has 2 heterocycles. The Morgan fingerprint density at radius 1 is 1.33 bits per heavy atom. The Kier molecular flexibility index (Phi) is 4.39. The number of hydrogen-bond acceptors (Lipinski definition) is 4. The zero-order valence-electron chi connectivity index (χ0n) is 15.1. The maximum absolute atomic E-state index is 12.7. The van der Waals surface area contributed by atoms with Crippen LogP contribution in [0.15, 0.2) is 30.5 Å². The second kappa shape index (κ2) is 6.86. The molecule has 0 fully saturated rings. The smallest absolute Gasteiger partial charge is 0.323 e. The molecule has 0 saturated carbocycles. The van der Waals surface area contributed by atoms with Crippen molar-refractivity contribution in [3.05, 3.63) is 41.9 Å². The van der Waals surface area contributed by atoms with Gasteiger partial charge in [0.2, 0.25) is 5.91 Å². The highest BCUT2D eigenvalue weighted by molar-refractivity contribution is 5.95. The Balaban J connectivity index is 1.47. The second-order valence-corrected chi connectivity index (χ2v) is 6.84. The molecule has 0 spiro atoms. The summed E-state index contributed by atoms with van der Waals surface area (Å²) in [6.45, 7) is 2.74. The zero-order chi connectivity index (χ0) is 19.0. The fraction of sp³-hybridized carbons (Fsp3) is 0.368. The highest BCUT2D eigenvalue weighted by Gasteiger charge is 2.28. The maximum Gasteiger partial charge on any atom is 0.323 e. The van der Waals surface area contributed by atoms with Crippen molar-refractivity contribution in [1.82, 2.24) is 19.6 Å². The van der Waals surface area contributed by atoms with Crippen molar-refractivity contribution in [2.75, 3.05) is 5.32 Å². The van der Waals surface area contributed by atoms with Crippen LogP contribution in [0.4, 0.5) is 5.69 Å². The van der Waals surface area contributed by atoms with Crippen molar-refractivity contribution >= 4 is 28.5 Å². The van der Waals surface area contributed by atoms with Gasteiger partial charge in [-0.3, -0.25) is 9.59 Å². The van der Waals surface area contributed by atoms with Crippen LogP contribution in [-0.2, 0) is 35.5 Å². The minimum atomic E-state index is -0.887. The normalized spacial score (nSPS) is 16.3. The molecule has 3 aromatic rings. The summed E-state index contributed by atoms with van der Waals surface area (Å²) in [6.07, 6.45) is 3.94. The van der Waals surface area contributed by atoms with Crippen LogP contribution in [-0.4, -0.2) is 36.5 Å². The molecule has 8 nitrogen and oxygen atoms in total. The van der Waals surface area contributed by atoms with E-state index in [9.17, 15) is 9.59 Å². The molecule has 2 N–H and O–H groups in total. The summed E-state index contributed by atoms with van der Waals surface area (Å²) in [6, 6.07) is 7.36. The van der Waals surface area contributed by atoms with Gasteiger partial charge in [-0.15, -0.1) is 5.10 Å². The van der Waals surface area contributed by atoms with Crippen LogP contribution < -0.4 is 5.32 Å². The van der Waals surface area contributed by atoms with E-state index in [1.54, 1.807) is 16.8 Å². The average molecular weight is 367 g/mol. The lowest BCUT2D eigenvalue weighted by Crippen LogP contribution is -2.28. The highest BCUT2D eigenvalue weighted by Crippen LogP contribution is 2.26. The first-order chi connectivity index (χ1) is 13.0. The van der Waals surface area contributed by atoms with E-state index >= 15 is 0 Å². The largest absolute Gasteiger partial charge is 0.480 e. The molecule has 27 heavy (non-hydrogen) atoms. The van der Waals surface area contributed by atoms with Gasteiger partial charge in [-0.25, -0.2) is 4.68 Å². The van der Waals surface area contributed by atoms with Crippen LogP contribution in [0.25, 0.3) is 10.9 Å². The summed E-state index contributed by atoms with van der Waals surface area (Å²) < 4.78 is 3.57. The van der Waals surface area contributed by atoms with E-state index in [0.29, 0.717) is 12.1 Å². The Morgan fingerprint density at radius 3 is 2.96 bits per heavy atom. The predicted molar refractivity (Wildman–Crippen MR) is 99.4 cm³/mol. The van der Waals surface area contributed by atoms with Crippen LogP contribution >= 0.6 is 0 Å². The SMILES string of the molecule is CCn1nnc2c1CCC(C(=O)Nc1ccc3c(ccn3CC(=O)O)c1)C2. The van der Waals surface area contributed by atoms with Gasteiger partial charge in [0.25, 0.3) is 0 Å². The van der Waals surface area contributed by atoms with E-state index in [1.807, 2.05) is 29.8 Å². The first-order valence-electron chi connectivity index (χ1n) is 9.08. The number of aryl methyl sites for hydroxylation is 1. The molecular weight excluding hydrogens is 346 g/mol. The number of aliphatic carboxylic acids is 1. The molecule has 0 bridgehead atoms. The standard InChI is InChI=1S/C19H21N5O3/c1-2-24-17-5-3-13(10-15(17)21-22-24)19(27)20-14-4-6-16-12(9-14)7-8-23(16)11-18(25)26/h4,6-9,13H,2-3,5,10-11H2,1H3,(H,20,27)(H,25,26). The van der Waals surface area contributed by atoms with Gasteiger partial charge in [-0.2, -0.15) is 0 Å². The molecule has 0 saturated heterocycles. The molecule has 140 valence electrons. The van der Waals surface area contributed by atoms with Crippen LogP contribution in [0.2, 0.25) is 0 Å². The summed E-state index contributed by atoms with van der Waals surface area (Å²) in [5.41, 5.74) is 3.60. The summed E-state index contributed by atoms with van der Waals surface area (Å²) in [4.78, 5) is 23.6. The van der Waals surface area contributed by atoms with Gasteiger partial charge >= 0.3 is 5.97 Å². The number of nitrogens with zero attached hydrogens (tertiary/aromatic N) is 4. The van der Waals surface area contributed by atoms with Gasteiger partial charge in [-0.05, 0) is 44.0 Å². The van der Waals surface area contributed by atoms with Gasteiger partial charge in [0.15, 0.2) is 0 Å². The number of fused-ring (bicyclic) bond motifs is 2. The maximum atomic E-state index is 12.7. The Hall–Kier alpha value is -3.16. The molecule has 1 atom stereocenters. The van der Waals surface area contributed by atoms with Crippen molar-refractivity contribution in [2.24, 2.45) is 5.92 Å². The lowest BCUT2D eigenvalue weighted by atomic mass is 9.89. The number of carbonyl (C=O) groups is 2. The molecule has 0 aliphatic heterocycles. The number of benzene rings is 1. The number of hydrogen-bond donors (Lipinski definition) is 2. The molecule has 1 aliphatic carbocycles. The van der Waals surface area contributed by atoms with Gasteiger partial charge in [0, 0.05) is 41.7 Å². The van der Waals surface area contributed by atoms with E-state index in [1.165, 1.54) is 0 Å². The van der Waals surface area contributed by atoms with Crippen molar-refractivity contribution in [1.29, 1.82) is 0 Å². The monoisotopic (exact) mass is 367 g/mol. The molecule has 1 amide bonds. The molecule has 0 radical (unpaired) electrons. The van der Waals surface area contributed by atoms with Crippen molar-refractivity contribution in [2.45, 2.75) is 39.3 Å². The predicted octanol–water partition coefficient (Wildman–Crippen LogP) is 2.08. The number of rotatable bonds is 5. The van der Waals surface area contributed by atoms with Crippen LogP contribution in [0.1, 0.15) is 24.7 Å². The third kappa shape index (κ3) is 3.30. The number of nitrogens with one attached hydrogen (secondary N) is 1. The average Bonchev–Trinajstić information content (AvgIpc) is 3.24. The van der Waals surface area contributed by atoms with Crippen molar-refractivity contribution < 1.29 is 14.7 Å². The van der Waals surface area contributed by atoms with E-state index < -0.39 is 5.97 Å². The summed E-state index contributed by atoms with van der Waals surface area (Å²) in [7, 11) is 0. The van der Waals surface area contributed by atoms with Gasteiger partial charge in [-0.1, -0.05) is 5.21 Å². The minimum absolute atomic E-state index is 0.0176. The van der Waals surface area contributed by atoms with E-state index in [4.69, 9.17) is 5.11 Å². The first-order valence-corrected chi connectivity index (χ1v) is 9.08. The molecule has 1 aromatic carbocycles. The number of amides is 1. The van der Waals surface area contributed by atoms with E-state index in [2.05, 4.69) is 15.6 Å². The molecule has 1 aliphatic rings. The Bertz CT molecular complexity index is 1020. The van der Waals surface area contributed by atoms with Crippen LogP contribution in [0.5, 0.6) is 0 Å². The summed E-state index contributed by atoms with van der Waals surface area (Å²) in [5, 5.41) is 21.2. The third-order valence-electron chi connectivity index (χ3n) is 5.10. The Morgan fingerprint density at radius 2 is 2.19 bits per heavy atom. The van der Waals surface area contributed by atoms with E-state index in [-0.39, 0.29) is 18.4 Å². The third-order valence-corrected chi connectivity index (χ3v) is 5.10. The number of carbonyl (C=O) groups excluding carboxylic acids is 1. The van der Waals surface area contributed by atoms with Crippen molar-refractivity contribution in [3.8, 4) is 0 Å². The number of carboxylic acid groups (broad SMARTS) is 1. The lowest BCUT2D eigenvalue weighted by molar-refractivity contribution is -0.137. The fourth-order valence-corrected chi connectivity index (χ4v) is 3.73. The van der Waals surface area contributed by atoms with Crippen molar-refractivity contribution in [3.63, 3.8) is 0 Å². The number of anilines is 1. The van der Waals surface area contributed by atoms with E-state index in [0.717, 1.165) is 41.7 Å². The van der Waals surface area contributed by atoms with Gasteiger partial charge < -0.3 is 15.0 Å².